The van der Waals surface area contributed by atoms with Gasteiger partial charge in [0.1, 0.15) is 5.82 Å². The zero-order chi connectivity index (χ0) is 17.6. The van der Waals surface area contributed by atoms with Crippen LogP contribution in [0, 0.1) is 0 Å². The van der Waals surface area contributed by atoms with Gasteiger partial charge in [0.2, 0.25) is 0 Å². The molecule has 2 N–H and O–H groups in total. The van der Waals surface area contributed by atoms with Crippen molar-refractivity contribution in [3.63, 3.8) is 0 Å². The first-order valence-corrected chi connectivity index (χ1v) is 10.2. The SMILES string of the molecule is CCS(=O)(=O)CCNC(=NC)NC1CCN(c2ncccc2Cl)C1.I. The van der Waals surface area contributed by atoms with Crippen molar-refractivity contribution in [2.45, 2.75) is 19.4 Å². The number of sulfone groups is 1. The smallest absolute Gasteiger partial charge is 0.191 e. The van der Waals surface area contributed by atoms with Crippen LogP contribution in [-0.2, 0) is 9.84 Å². The number of aromatic nitrogens is 1. The van der Waals surface area contributed by atoms with Crippen LogP contribution in [0.1, 0.15) is 13.3 Å². The van der Waals surface area contributed by atoms with Gasteiger partial charge in [-0.25, -0.2) is 13.4 Å². The fourth-order valence-electron chi connectivity index (χ4n) is 2.54. The van der Waals surface area contributed by atoms with Gasteiger partial charge >= 0.3 is 0 Å². The molecule has 0 amide bonds. The summed E-state index contributed by atoms with van der Waals surface area (Å²) in [5.74, 6) is 1.66. The zero-order valence-corrected chi connectivity index (χ0v) is 18.3. The summed E-state index contributed by atoms with van der Waals surface area (Å²) in [6, 6.07) is 3.85. The van der Waals surface area contributed by atoms with E-state index in [-0.39, 0.29) is 41.5 Å². The van der Waals surface area contributed by atoms with Crippen molar-refractivity contribution in [3.8, 4) is 0 Å². The summed E-state index contributed by atoms with van der Waals surface area (Å²) in [4.78, 5) is 10.6. The third kappa shape index (κ3) is 6.78. The molecular weight excluding hydrogens is 477 g/mol. The average Bonchev–Trinajstić information content (AvgIpc) is 3.02. The van der Waals surface area contributed by atoms with Crippen molar-refractivity contribution in [2.75, 3.05) is 43.1 Å². The second-order valence-electron chi connectivity index (χ2n) is 5.62. The third-order valence-corrected chi connectivity index (χ3v) is 5.94. The minimum atomic E-state index is -2.98. The van der Waals surface area contributed by atoms with Crippen molar-refractivity contribution in [2.24, 2.45) is 4.99 Å². The predicted molar refractivity (Wildman–Crippen MR) is 114 cm³/mol. The van der Waals surface area contributed by atoms with Crippen molar-refractivity contribution in [1.29, 1.82) is 0 Å². The monoisotopic (exact) mass is 501 g/mol. The largest absolute Gasteiger partial charge is 0.355 e. The fourth-order valence-corrected chi connectivity index (χ4v) is 3.48. The van der Waals surface area contributed by atoms with Crippen LogP contribution in [0.3, 0.4) is 0 Å². The summed E-state index contributed by atoms with van der Waals surface area (Å²) < 4.78 is 23.0. The summed E-state index contributed by atoms with van der Waals surface area (Å²) in [6.07, 6.45) is 2.66. The molecule has 1 aliphatic heterocycles. The number of aliphatic imine (C=N–C) groups is 1. The number of hydrogen-bond donors (Lipinski definition) is 2. The average molecular weight is 502 g/mol. The van der Waals surface area contributed by atoms with E-state index in [0.29, 0.717) is 17.5 Å². The lowest BCUT2D eigenvalue weighted by molar-refractivity contribution is 0.595. The Bertz CT molecular complexity index is 686. The first-order chi connectivity index (χ1) is 11.4. The number of nitrogens with one attached hydrogen (secondary N) is 2. The number of hydrogen-bond acceptors (Lipinski definition) is 5. The molecule has 1 fully saturated rings. The van der Waals surface area contributed by atoms with Gasteiger partial charge < -0.3 is 15.5 Å². The van der Waals surface area contributed by atoms with Crippen molar-refractivity contribution in [3.05, 3.63) is 23.4 Å². The Kier molecular flexibility index (Phi) is 9.22. The molecule has 2 heterocycles. The van der Waals surface area contributed by atoms with E-state index in [1.54, 1.807) is 20.2 Å². The van der Waals surface area contributed by atoms with E-state index in [4.69, 9.17) is 11.6 Å². The van der Waals surface area contributed by atoms with Crippen LogP contribution in [0.15, 0.2) is 23.3 Å². The van der Waals surface area contributed by atoms with Gasteiger partial charge in [-0.05, 0) is 18.6 Å². The quantitative estimate of drug-likeness (QED) is 0.349. The lowest BCUT2D eigenvalue weighted by Gasteiger charge is -2.20. The Morgan fingerprint density at radius 1 is 1.52 bits per heavy atom. The van der Waals surface area contributed by atoms with Gasteiger partial charge in [-0.1, -0.05) is 18.5 Å². The molecule has 1 aromatic rings. The Balaban J connectivity index is 0.00000312. The van der Waals surface area contributed by atoms with Gasteiger partial charge in [0, 0.05) is 44.7 Å². The van der Waals surface area contributed by atoms with Gasteiger partial charge in [0.25, 0.3) is 0 Å². The van der Waals surface area contributed by atoms with Crippen LogP contribution in [0.4, 0.5) is 5.82 Å². The highest BCUT2D eigenvalue weighted by Crippen LogP contribution is 2.25. The van der Waals surface area contributed by atoms with Gasteiger partial charge in [-0.3, -0.25) is 4.99 Å². The molecule has 0 aliphatic carbocycles. The highest BCUT2D eigenvalue weighted by Gasteiger charge is 2.25. The van der Waals surface area contributed by atoms with E-state index in [2.05, 4.69) is 25.5 Å². The Hall–Kier alpha value is -0.810. The lowest BCUT2D eigenvalue weighted by Crippen LogP contribution is -2.45. The number of pyridine rings is 1. The number of anilines is 1. The van der Waals surface area contributed by atoms with Crippen LogP contribution >= 0.6 is 35.6 Å². The molecule has 1 atom stereocenters. The Morgan fingerprint density at radius 3 is 2.92 bits per heavy atom. The lowest BCUT2D eigenvalue weighted by atomic mass is 10.3. The van der Waals surface area contributed by atoms with Crippen molar-refractivity contribution in [1.82, 2.24) is 15.6 Å². The molecule has 2 rings (SSSR count). The normalized spacial score (nSPS) is 18.0. The fraction of sp³-hybridized carbons (Fsp3) is 0.600. The van der Waals surface area contributed by atoms with Crippen LogP contribution in [0.25, 0.3) is 0 Å². The predicted octanol–water partition coefficient (Wildman–Crippen LogP) is 1.53. The maximum absolute atomic E-state index is 11.5. The Morgan fingerprint density at radius 2 is 2.28 bits per heavy atom. The van der Waals surface area contributed by atoms with E-state index in [1.165, 1.54) is 0 Å². The molecule has 25 heavy (non-hydrogen) atoms. The molecular formula is C15H25ClIN5O2S. The molecule has 0 saturated carbocycles. The number of rotatable bonds is 6. The van der Waals surface area contributed by atoms with Crippen molar-refractivity contribution >= 4 is 57.2 Å². The summed E-state index contributed by atoms with van der Waals surface area (Å²) in [7, 11) is -1.30. The maximum Gasteiger partial charge on any atom is 0.191 e. The third-order valence-electron chi connectivity index (χ3n) is 3.94. The van der Waals surface area contributed by atoms with Gasteiger partial charge in [-0.15, -0.1) is 24.0 Å². The van der Waals surface area contributed by atoms with E-state index in [1.807, 2.05) is 12.1 Å². The molecule has 142 valence electrons. The second kappa shape index (κ2) is 10.4. The molecule has 0 bridgehead atoms. The summed E-state index contributed by atoms with van der Waals surface area (Å²) >= 11 is 6.19. The topological polar surface area (TPSA) is 86.7 Å². The van der Waals surface area contributed by atoms with E-state index in [9.17, 15) is 8.42 Å². The number of guanidine groups is 1. The van der Waals surface area contributed by atoms with Crippen molar-refractivity contribution < 1.29 is 8.42 Å². The summed E-state index contributed by atoms with van der Waals surface area (Å²) in [5.41, 5.74) is 0. The molecule has 1 aromatic heterocycles. The first-order valence-electron chi connectivity index (χ1n) is 7.98. The summed E-state index contributed by atoms with van der Waals surface area (Å²) in [6.45, 7) is 3.62. The van der Waals surface area contributed by atoms with Gasteiger partial charge in [0.05, 0.1) is 10.8 Å². The van der Waals surface area contributed by atoms with Crippen LogP contribution < -0.4 is 15.5 Å². The molecule has 0 aromatic carbocycles. The molecule has 1 aliphatic rings. The molecule has 1 saturated heterocycles. The molecule has 1 unspecified atom stereocenters. The number of halogens is 2. The van der Waals surface area contributed by atoms with Crippen LogP contribution in [-0.4, -0.2) is 63.6 Å². The highest BCUT2D eigenvalue weighted by atomic mass is 127. The standard InChI is InChI=1S/C15H24ClN5O2S.HI/c1-3-24(22,23)10-8-19-15(17-2)20-12-6-9-21(11-12)14-13(16)5-4-7-18-14;/h4-5,7,12H,3,6,8-11H2,1-2H3,(H2,17,19,20);1H. The van der Waals surface area contributed by atoms with E-state index in [0.717, 1.165) is 25.3 Å². The molecule has 10 heteroatoms. The number of nitrogens with zero attached hydrogens (tertiary/aromatic N) is 3. The van der Waals surface area contributed by atoms with Gasteiger partial charge in [0.15, 0.2) is 15.8 Å². The summed E-state index contributed by atoms with van der Waals surface area (Å²) in [5, 5.41) is 7.02. The minimum Gasteiger partial charge on any atom is -0.355 e. The van der Waals surface area contributed by atoms with E-state index >= 15 is 0 Å². The first kappa shape index (κ1) is 22.2. The van der Waals surface area contributed by atoms with E-state index < -0.39 is 9.84 Å². The molecule has 0 spiro atoms. The maximum atomic E-state index is 11.5. The second-order valence-corrected chi connectivity index (χ2v) is 8.50. The van der Waals surface area contributed by atoms with Gasteiger partial charge in [-0.2, -0.15) is 0 Å². The zero-order valence-electron chi connectivity index (χ0n) is 14.4. The van der Waals surface area contributed by atoms with Crippen LogP contribution in [0.2, 0.25) is 5.02 Å². The molecule has 7 nitrogen and oxygen atoms in total. The van der Waals surface area contributed by atoms with Crippen LogP contribution in [0.5, 0.6) is 0 Å². The Labute approximate surface area is 171 Å². The minimum absolute atomic E-state index is 0. The highest BCUT2D eigenvalue weighted by molar-refractivity contribution is 14.0. The molecule has 0 radical (unpaired) electrons.